The lowest BCUT2D eigenvalue weighted by Gasteiger charge is -2.06. The average Bonchev–Trinajstić information content (AvgIpc) is 2.40. The largest absolute Gasteiger partial charge is 0.489 e. The molecule has 0 aliphatic rings. The van der Waals surface area contributed by atoms with E-state index >= 15 is 0 Å². The SMILES string of the molecule is C/C=C\c1ccc(OCc2ccccc2)cc1. The molecule has 0 N–H and O–H groups in total. The third-order valence-electron chi connectivity index (χ3n) is 2.49. The quantitative estimate of drug-likeness (QED) is 0.752. The first-order chi connectivity index (χ1) is 8.38. The van der Waals surface area contributed by atoms with Crippen LogP contribution in [-0.4, -0.2) is 0 Å². The molecule has 0 aromatic heterocycles. The van der Waals surface area contributed by atoms with Crippen molar-refractivity contribution in [2.24, 2.45) is 0 Å². The van der Waals surface area contributed by atoms with Crippen LogP contribution in [0.2, 0.25) is 0 Å². The van der Waals surface area contributed by atoms with Crippen molar-refractivity contribution in [2.45, 2.75) is 13.5 Å². The van der Waals surface area contributed by atoms with Crippen molar-refractivity contribution in [2.75, 3.05) is 0 Å². The molecule has 2 rings (SSSR count). The minimum atomic E-state index is 0.615. The summed E-state index contributed by atoms with van der Waals surface area (Å²) in [5.74, 6) is 0.905. The maximum Gasteiger partial charge on any atom is 0.119 e. The first-order valence-corrected chi connectivity index (χ1v) is 5.78. The highest BCUT2D eigenvalue weighted by atomic mass is 16.5. The molecule has 0 spiro atoms. The van der Waals surface area contributed by atoms with Crippen molar-refractivity contribution >= 4 is 6.08 Å². The van der Waals surface area contributed by atoms with E-state index in [1.807, 2.05) is 43.3 Å². The Morgan fingerprint density at radius 3 is 2.29 bits per heavy atom. The Hall–Kier alpha value is -2.02. The molecule has 1 nitrogen and oxygen atoms in total. The first kappa shape index (κ1) is 11.5. The fraction of sp³-hybridized carbons (Fsp3) is 0.125. The Balaban J connectivity index is 1.95. The van der Waals surface area contributed by atoms with Gasteiger partial charge in [0.1, 0.15) is 12.4 Å². The lowest BCUT2D eigenvalue weighted by atomic mass is 10.2. The molecule has 0 heterocycles. The molecule has 0 aliphatic carbocycles. The third-order valence-corrected chi connectivity index (χ3v) is 2.49. The number of benzene rings is 2. The zero-order valence-corrected chi connectivity index (χ0v) is 9.97. The van der Waals surface area contributed by atoms with Crippen LogP contribution in [0.4, 0.5) is 0 Å². The molecule has 0 fully saturated rings. The second-order valence-corrected chi connectivity index (χ2v) is 3.84. The maximum atomic E-state index is 5.70. The number of allylic oxidation sites excluding steroid dienone is 1. The third kappa shape index (κ3) is 3.49. The van der Waals surface area contributed by atoms with Gasteiger partial charge in [0, 0.05) is 0 Å². The second kappa shape index (κ2) is 5.90. The van der Waals surface area contributed by atoms with Crippen molar-refractivity contribution in [3.8, 4) is 5.75 Å². The van der Waals surface area contributed by atoms with Crippen LogP contribution in [0.3, 0.4) is 0 Å². The molecule has 86 valence electrons. The van der Waals surface area contributed by atoms with Gasteiger partial charge in [-0.3, -0.25) is 0 Å². The van der Waals surface area contributed by atoms with E-state index in [1.54, 1.807) is 0 Å². The van der Waals surface area contributed by atoms with E-state index in [1.165, 1.54) is 11.1 Å². The Kier molecular flexibility index (Phi) is 3.98. The molecule has 17 heavy (non-hydrogen) atoms. The fourth-order valence-electron chi connectivity index (χ4n) is 1.61. The highest BCUT2D eigenvalue weighted by Gasteiger charge is 1.95. The van der Waals surface area contributed by atoms with Crippen LogP contribution < -0.4 is 4.74 Å². The van der Waals surface area contributed by atoms with Crippen LogP contribution >= 0.6 is 0 Å². The molecule has 0 radical (unpaired) electrons. The Bertz CT molecular complexity index is 469. The van der Waals surface area contributed by atoms with E-state index < -0.39 is 0 Å². The van der Waals surface area contributed by atoms with Crippen molar-refractivity contribution < 1.29 is 4.74 Å². The van der Waals surface area contributed by atoms with Gasteiger partial charge in [-0.25, -0.2) is 0 Å². The zero-order chi connectivity index (χ0) is 11.9. The van der Waals surface area contributed by atoms with Gasteiger partial charge < -0.3 is 4.74 Å². The van der Waals surface area contributed by atoms with Crippen LogP contribution in [0.1, 0.15) is 18.1 Å². The van der Waals surface area contributed by atoms with E-state index in [9.17, 15) is 0 Å². The monoisotopic (exact) mass is 224 g/mol. The predicted molar refractivity (Wildman–Crippen MR) is 71.9 cm³/mol. The fourth-order valence-corrected chi connectivity index (χ4v) is 1.61. The Morgan fingerprint density at radius 1 is 0.941 bits per heavy atom. The molecular weight excluding hydrogens is 208 g/mol. The van der Waals surface area contributed by atoms with Gasteiger partial charge in [0.05, 0.1) is 0 Å². The van der Waals surface area contributed by atoms with E-state index in [0.29, 0.717) is 6.61 Å². The van der Waals surface area contributed by atoms with Gasteiger partial charge in [0.15, 0.2) is 0 Å². The summed E-state index contributed by atoms with van der Waals surface area (Å²) in [6, 6.07) is 18.3. The summed E-state index contributed by atoms with van der Waals surface area (Å²) in [6.45, 7) is 2.63. The molecule has 2 aromatic rings. The molecule has 0 unspecified atom stereocenters. The predicted octanol–water partition coefficient (Wildman–Crippen LogP) is 4.30. The van der Waals surface area contributed by atoms with Crippen molar-refractivity contribution in [3.05, 3.63) is 71.8 Å². The van der Waals surface area contributed by atoms with Gasteiger partial charge in [-0.05, 0) is 30.2 Å². The van der Waals surface area contributed by atoms with Crippen LogP contribution in [0.5, 0.6) is 5.75 Å². The number of rotatable bonds is 4. The lowest BCUT2D eigenvalue weighted by molar-refractivity contribution is 0.306. The summed E-state index contributed by atoms with van der Waals surface area (Å²) in [6.07, 6.45) is 4.10. The summed E-state index contributed by atoms with van der Waals surface area (Å²) in [7, 11) is 0. The highest BCUT2D eigenvalue weighted by molar-refractivity contribution is 5.50. The number of hydrogen-bond acceptors (Lipinski definition) is 1. The average molecular weight is 224 g/mol. The van der Waals surface area contributed by atoms with E-state index in [0.717, 1.165) is 5.75 Å². The number of ether oxygens (including phenoxy) is 1. The first-order valence-electron chi connectivity index (χ1n) is 5.78. The Morgan fingerprint density at radius 2 is 1.65 bits per heavy atom. The smallest absolute Gasteiger partial charge is 0.119 e. The lowest BCUT2D eigenvalue weighted by Crippen LogP contribution is -1.94. The topological polar surface area (TPSA) is 9.23 Å². The van der Waals surface area contributed by atoms with Crippen molar-refractivity contribution in [3.63, 3.8) is 0 Å². The summed E-state index contributed by atoms with van der Waals surface area (Å²) in [4.78, 5) is 0. The van der Waals surface area contributed by atoms with Crippen LogP contribution in [-0.2, 0) is 6.61 Å². The normalized spacial score (nSPS) is 10.6. The van der Waals surface area contributed by atoms with Gasteiger partial charge in [-0.15, -0.1) is 0 Å². The molecular formula is C16H16O. The van der Waals surface area contributed by atoms with Crippen LogP contribution in [0.25, 0.3) is 6.08 Å². The second-order valence-electron chi connectivity index (χ2n) is 3.84. The Labute approximate surface area is 102 Å². The minimum absolute atomic E-state index is 0.615. The van der Waals surface area contributed by atoms with Gasteiger partial charge in [-0.2, -0.15) is 0 Å². The summed E-state index contributed by atoms with van der Waals surface area (Å²) < 4.78 is 5.70. The molecule has 2 aromatic carbocycles. The molecule has 0 atom stereocenters. The standard InChI is InChI=1S/C16H16O/c1-2-6-14-9-11-16(12-10-14)17-13-15-7-4-3-5-8-15/h2-12H,13H2,1H3/b6-2-. The molecule has 1 heteroatoms. The van der Waals surface area contributed by atoms with E-state index in [4.69, 9.17) is 4.74 Å². The molecule has 0 amide bonds. The van der Waals surface area contributed by atoms with Crippen LogP contribution in [0.15, 0.2) is 60.7 Å². The minimum Gasteiger partial charge on any atom is -0.489 e. The number of hydrogen-bond donors (Lipinski definition) is 0. The molecule has 0 saturated heterocycles. The van der Waals surface area contributed by atoms with Gasteiger partial charge >= 0.3 is 0 Å². The van der Waals surface area contributed by atoms with Crippen molar-refractivity contribution in [1.82, 2.24) is 0 Å². The summed E-state index contributed by atoms with van der Waals surface area (Å²) in [5.41, 5.74) is 2.38. The molecule has 0 aliphatic heterocycles. The van der Waals surface area contributed by atoms with E-state index in [2.05, 4.69) is 30.3 Å². The summed E-state index contributed by atoms with van der Waals surface area (Å²) >= 11 is 0. The molecule has 0 saturated carbocycles. The maximum absolute atomic E-state index is 5.70. The van der Waals surface area contributed by atoms with E-state index in [-0.39, 0.29) is 0 Å². The highest BCUT2D eigenvalue weighted by Crippen LogP contribution is 2.14. The van der Waals surface area contributed by atoms with Gasteiger partial charge in [-0.1, -0.05) is 54.6 Å². The van der Waals surface area contributed by atoms with Gasteiger partial charge in [0.25, 0.3) is 0 Å². The van der Waals surface area contributed by atoms with Crippen LogP contribution in [0, 0.1) is 0 Å². The summed E-state index contributed by atoms with van der Waals surface area (Å²) in [5, 5.41) is 0. The molecule has 0 bridgehead atoms. The van der Waals surface area contributed by atoms with Crippen molar-refractivity contribution in [1.29, 1.82) is 0 Å². The zero-order valence-electron chi connectivity index (χ0n) is 9.97. The van der Waals surface area contributed by atoms with Gasteiger partial charge in [0.2, 0.25) is 0 Å².